The average molecular weight is 306 g/mol. The van der Waals surface area contributed by atoms with Crippen LogP contribution in [0, 0.1) is 6.92 Å². The van der Waals surface area contributed by atoms with Gasteiger partial charge in [-0.3, -0.25) is 0 Å². The topological polar surface area (TPSA) is 80.7 Å². The van der Waals surface area contributed by atoms with Crippen LogP contribution in [0.15, 0.2) is 59.5 Å². The number of hydrogen-bond acceptors (Lipinski definition) is 5. The number of aryl methyl sites for hydroxylation is 1. The van der Waals surface area contributed by atoms with Crippen molar-refractivity contribution in [3.8, 4) is 0 Å². The molecule has 2 rings (SSSR count). The van der Waals surface area contributed by atoms with Crippen molar-refractivity contribution < 1.29 is 22.5 Å². The third-order valence-electron chi connectivity index (χ3n) is 2.84. The lowest BCUT2D eigenvalue weighted by atomic mass is 10.1. The van der Waals surface area contributed by atoms with Crippen molar-refractivity contribution in [2.24, 2.45) is 0 Å². The molecule has 5 nitrogen and oxygen atoms in total. The van der Waals surface area contributed by atoms with E-state index in [1.54, 1.807) is 30.3 Å². The second kappa shape index (κ2) is 6.07. The number of aliphatic hydroxyl groups is 1. The molecule has 21 heavy (non-hydrogen) atoms. The van der Waals surface area contributed by atoms with Gasteiger partial charge in [-0.2, -0.15) is 8.42 Å². The van der Waals surface area contributed by atoms with Gasteiger partial charge >= 0.3 is 16.1 Å². The SMILES string of the molecule is Cc1ccc(S(=O)(=O)OC(=O)[C@H](O)c2ccccc2)cc1. The van der Waals surface area contributed by atoms with Crippen LogP contribution in [-0.4, -0.2) is 19.5 Å². The zero-order chi connectivity index (χ0) is 15.5. The van der Waals surface area contributed by atoms with E-state index in [4.69, 9.17) is 0 Å². The molecule has 0 aliphatic heterocycles. The Balaban J connectivity index is 2.17. The maximum absolute atomic E-state index is 11.9. The first-order chi connectivity index (χ1) is 9.90. The molecule has 0 saturated heterocycles. The van der Waals surface area contributed by atoms with E-state index in [0.29, 0.717) is 0 Å². The predicted octanol–water partition coefficient (Wildman–Crippen LogP) is 1.96. The number of benzene rings is 2. The Morgan fingerprint density at radius 2 is 1.62 bits per heavy atom. The van der Waals surface area contributed by atoms with Gasteiger partial charge in [-0.05, 0) is 24.6 Å². The Bertz CT molecular complexity index is 720. The van der Waals surface area contributed by atoms with Crippen LogP contribution in [0.4, 0.5) is 0 Å². The fraction of sp³-hybridized carbons (Fsp3) is 0.133. The highest BCUT2D eigenvalue weighted by Crippen LogP contribution is 2.19. The molecule has 0 fully saturated rings. The first kappa shape index (κ1) is 15.2. The van der Waals surface area contributed by atoms with E-state index in [1.165, 1.54) is 24.3 Å². The van der Waals surface area contributed by atoms with Crippen molar-refractivity contribution in [3.05, 3.63) is 65.7 Å². The molecule has 1 N–H and O–H groups in total. The summed E-state index contributed by atoms with van der Waals surface area (Å²) in [7, 11) is -4.24. The number of rotatable bonds is 4. The third kappa shape index (κ3) is 3.68. The molecule has 0 radical (unpaired) electrons. The quantitative estimate of drug-likeness (QED) is 0.873. The molecule has 0 unspecified atom stereocenters. The highest BCUT2D eigenvalue weighted by molar-refractivity contribution is 7.87. The van der Waals surface area contributed by atoms with Crippen molar-refractivity contribution in [2.75, 3.05) is 0 Å². The van der Waals surface area contributed by atoms with Gasteiger partial charge in [0.1, 0.15) is 4.90 Å². The van der Waals surface area contributed by atoms with Gasteiger partial charge in [0.05, 0.1) is 0 Å². The Hall–Kier alpha value is -2.18. The maximum Gasteiger partial charge on any atom is 0.355 e. The van der Waals surface area contributed by atoms with E-state index < -0.39 is 22.2 Å². The first-order valence-corrected chi connectivity index (χ1v) is 7.59. The van der Waals surface area contributed by atoms with Crippen LogP contribution in [0.3, 0.4) is 0 Å². The molecule has 0 saturated carbocycles. The van der Waals surface area contributed by atoms with Crippen LogP contribution >= 0.6 is 0 Å². The van der Waals surface area contributed by atoms with Gasteiger partial charge in [0.25, 0.3) is 0 Å². The zero-order valence-electron chi connectivity index (χ0n) is 11.3. The fourth-order valence-electron chi connectivity index (χ4n) is 1.68. The lowest BCUT2D eigenvalue weighted by Crippen LogP contribution is -2.20. The standard InChI is InChI=1S/C15H14O5S/c1-11-7-9-13(10-8-11)21(18,19)20-15(17)14(16)12-5-3-2-4-6-12/h2-10,14,16H,1H3/t14-/m1/s1. The van der Waals surface area contributed by atoms with Gasteiger partial charge in [-0.25, -0.2) is 4.79 Å². The molecule has 2 aromatic rings. The van der Waals surface area contributed by atoms with E-state index in [9.17, 15) is 18.3 Å². The van der Waals surface area contributed by atoms with Crippen LogP contribution in [0.25, 0.3) is 0 Å². The molecule has 0 spiro atoms. The summed E-state index contributed by atoms with van der Waals surface area (Å²) < 4.78 is 28.3. The van der Waals surface area contributed by atoms with Crippen LogP contribution in [0.1, 0.15) is 17.2 Å². The summed E-state index contributed by atoms with van der Waals surface area (Å²) in [6.45, 7) is 1.81. The minimum atomic E-state index is -4.24. The van der Waals surface area contributed by atoms with E-state index in [2.05, 4.69) is 4.18 Å². The van der Waals surface area contributed by atoms with Gasteiger partial charge < -0.3 is 9.29 Å². The summed E-state index contributed by atoms with van der Waals surface area (Å²) in [5.74, 6) is -1.23. The van der Waals surface area contributed by atoms with Crippen LogP contribution in [-0.2, 0) is 19.1 Å². The minimum Gasteiger partial charge on any atom is -0.377 e. The lowest BCUT2D eigenvalue weighted by Gasteiger charge is -2.11. The average Bonchev–Trinajstić information content (AvgIpc) is 2.47. The second-order valence-corrected chi connectivity index (χ2v) is 6.03. The number of carbonyl (C=O) groups excluding carboxylic acids is 1. The Kier molecular flexibility index (Phi) is 4.40. The van der Waals surface area contributed by atoms with E-state index in [1.807, 2.05) is 6.92 Å². The Labute approximate surface area is 122 Å². The molecular weight excluding hydrogens is 292 g/mol. The molecule has 2 aromatic carbocycles. The molecular formula is C15H14O5S. The van der Waals surface area contributed by atoms with E-state index in [0.717, 1.165) is 5.56 Å². The molecule has 110 valence electrons. The van der Waals surface area contributed by atoms with Crippen LogP contribution in [0.2, 0.25) is 0 Å². The van der Waals surface area contributed by atoms with Crippen molar-refractivity contribution in [1.29, 1.82) is 0 Å². The molecule has 0 aliphatic rings. The smallest absolute Gasteiger partial charge is 0.355 e. The molecule has 0 bridgehead atoms. The molecule has 1 atom stereocenters. The van der Waals surface area contributed by atoms with Gasteiger partial charge in [0.2, 0.25) is 0 Å². The van der Waals surface area contributed by atoms with Crippen molar-refractivity contribution in [1.82, 2.24) is 0 Å². The summed E-state index contributed by atoms with van der Waals surface area (Å²) in [5.41, 5.74) is 1.14. The Morgan fingerprint density at radius 3 is 2.19 bits per heavy atom. The maximum atomic E-state index is 11.9. The number of carbonyl (C=O) groups is 1. The number of aliphatic hydroxyl groups excluding tert-OH is 1. The van der Waals surface area contributed by atoms with Crippen molar-refractivity contribution in [3.63, 3.8) is 0 Å². The summed E-state index contributed by atoms with van der Waals surface area (Å²) in [4.78, 5) is 11.6. The highest BCUT2D eigenvalue weighted by atomic mass is 32.2. The van der Waals surface area contributed by atoms with Crippen molar-refractivity contribution in [2.45, 2.75) is 17.9 Å². The molecule has 0 amide bonds. The minimum absolute atomic E-state index is 0.137. The predicted molar refractivity (Wildman–Crippen MR) is 75.9 cm³/mol. The lowest BCUT2D eigenvalue weighted by molar-refractivity contribution is -0.143. The largest absolute Gasteiger partial charge is 0.377 e. The van der Waals surface area contributed by atoms with Gasteiger partial charge in [-0.1, -0.05) is 48.0 Å². The highest BCUT2D eigenvalue weighted by Gasteiger charge is 2.26. The van der Waals surface area contributed by atoms with Gasteiger partial charge in [0, 0.05) is 0 Å². The van der Waals surface area contributed by atoms with Gasteiger partial charge in [-0.15, -0.1) is 0 Å². The van der Waals surface area contributed by atoms with Gasteiger partial charge in [0.15, 0.2) is 6.10 Å². The summed E-state index contributed by atoms with van der Waals surface area (Å²) >= 11 is 0. The summed E-state index contributed by atoms with van der Waals surface area (Å²) in [5, 5.41) is 9.80. The van der Waals surface area contributed by atoms with E-state index >= 15 is 0 Å². The monoisotopic (exact) mass is 306 g/mol. The molecule has 0 aliphatic carbocycles. The van der Waals surface area contributed by atoms with E-state index in [-0.39, 0.29) is 10.5 Å². The first-order valence-electron chi connectivity index (χ1n) is 6.18. The molecule has 0 heterocycles. The van der Waals surface area contributed by atoms with Crippen LogP contribution in [0.5, 0.6) is 0 Å². The summed E-state index contributed by atoms with van der Waals surface area (Å²) in [6, 6.07) is 13.8. The number of hydrogen-bond donors (Lipinski definition) is 1. The Morgan fingerprint density at radius 1 is 1.05 bits per heavy atom. The fourth-order valence-corrected chi connectivity index (χ4v) is 2.55. The molecule has 0 aromatic heterocycles. The second-order valence-electron chi connectivity index (χ2n) is 4.48. The third-order valence-corrected chi connectivity index (χ3v) is 4.07. The zero-order valence-corrected chi connectivity index (χ0v) is 12.1. The summed E-state index contributed by atoms with van der Waals surface area (Å²) in [6.07, 6.45) is -1.65. The van der Waals surface area contributed by atoms with Crippen LogP contribution < -0.4 is 0 Å². The molecule has 6 heteroatoms. The van der Waals surface area contributed by atoms with Crippen molar-refractivity contribution >= 4 is 16.1 Å². The normalized spacial score (nSPS) is 12.7.